The highest BCUT2D eigenvalue weighted by Crippen LogP contribution is 2.18. The molecule has 0 heterocycles. The first-order chi connectivity index (χ1) is 15.0. The van der Waals surface area contributed by atoms with Crippen LogP contribution in [0.2, 0.25) is 0 Å². The number of hydrogen-bond acceptors (Lipinski definition) is 4. The van der Waals surface area contributed by atoms with E-state index < -0.39 is 15.7 Å². The smallest absolute Gasteiger partial charge is 0.252 e. The van der Waals surface area contributed by atoms with Crippen molar-refractivity contribution in [1.29, 1.82) is 0 Å². The first-order valence-electron chi connectivity index (χ1n) is 10.3. The fraction of sp³-hybridized carbons (Fsp3) is 0.240. The molecule has 0 unspecified atom stereocenters. The summed E-state index contributed by atoms with van der Waals surface area (Å²) in [5.74, 6) is -0.386. The second-order valence-corrected chi connectivity index (χ2v) is 9.37. The molecule has 6 heteroatoms. The van der Waals surface area contributed by atoms with E-state index in [0.29, 0.717) is 26.2 Å². The lowest BCUT2D eigenvalue weighted by Gasteiger charge is -2.11. The van der Waals surface area contributed by atoms with E-state index in [4.69, 9.17) is 4.74 Å². The molecule has 0 fully saturated rings. The zero-order chi connectivity index (χ0) is 22.1. The van der Waals surface area contributed by atoms with Crippen LogP contribution in [0.1, 0.15) is 40.4 Å². The van der Waals surface area contributed by atoms with Gasteiger partial charge in [-0.2, -0.15) is 0 Å². The van der Waals surface area contributed by atoms with Gasteiger partial charge in [0.05, 0.1) is 29.4 Å². The molecule has 3 rings (SSSR count). The van der Waals surface area contributed by atoms with Crippen molar-refractivity contribution in [2.75, 3.05) is 5.75 Å². The summed E-state index contributed by atoms with van der Waals surface area (Å²) in [5, 5.41) is 2.83. The van der Waals surface area contributed by atoms with Gasteiger partial charge < -0.3 is 10.1 Å². The zero-order valence-corrected chi connectivity index (χ0v) is 18.4. The highest BCUT2D eigenvalue weighted by atomic mass is 32.2. The van der Waals surface area contributed by atoms with Crippen molar-refractivity contribution in [3.63, 3.8) is 0 Å². The van der Waals surface area contributed by atoms with Crippen molar-refractivity contribution >= 4 is 15.7 Å². The molecule has 3 aromatic rings. The van der Waals surface area contributed by atoms with Crippen LogP contribution in [0.5, 0.6) is 0 Å². The predicted molar refractivity (Wildman–Crippen MR) is 121 cm³/mol. The van der Waals surface area contributed by atoms with Crippen LogP contribution >= 0.6 is 0 Å². The third-order valence-electron chi connectivity index (χ3n) is 4.76. The molecule has 0 saturated heterocycles. The summed E-state index contributed by atoms with van der Waals surface area (Å²) in [4.78, 5) is 12.8. The van der Waals surface area contributed by atoms with E-state index in [2.05, 4.69) is 5.32 Å². The molecule has 0 atom stereocenters. The minimum absolute atomic E-state index is 0.0162. The van der Waals surface area contributed by atoms with Gasteiger partial charge in [-0.15, -0.1) is 0 Å². The van der Waals surface area contributed by atoms with Crippen molar-refractivity contribution in [3.8, 4) is 0 Å². The van der Waals surface area contributed by atoms with Gasteiger partial charge in [0.25, 0.3) is 5.91 Å². The predicted octanol–water partition coefficient (Wildman–Crippen LogP) is 4.52. The van der Waals surface area contributed by atoms with Crippen molar-refractivity contribution in [2.24, 2.45) is 0 Å². The Morgan fingerprint density at radius 1 is 0.839 bits per heavy atom. The van der Waals surface area contributed by atoms with Gasteiger partial charge in [-0.3, -0.25) is 4.79 Å². The van der Waals surface area contributed by atoms with Crippen LogP contribution in [-0.2, 0) is 34.3 Å². The van der Waals surface area contributed by atoms with Crippen LogP contribution in [0.15, 0.2) is 83.8 Å². The van der Waals surface area contributed by atoms with Gasteiger partial charge in [0.1, 0.15) is 0 Å². The summed E-state index contributed by atoms with van der Waals surface area (Å²) < 4.78 is 30.7. The summed E-state index contributed by atoms with van der Waals surface area (Å²) in [6.07, 6.45) is 0.497. The third-order valence-corrected chi connectivity index (χ3v) is 6.74. The number of rotatable bonds is 10. The monoisotopic (exact) mass is 437 g/mol. The molecule has 0 aliphatic heterocycles. The maximum Gasteiger partial charge on any atom is 0.252 e. The third kappa shape index (κ3) is 6.51. The second kappa shape index (κ2) is 10.9. The van der Waals surface area contributed by atoms with Crippen molar-refractivity contribution < 1.29 is 17.9 Å². The Hall–Kier alpha value is -2.96. The molecule has 0 saturated carbocycles. The van der Waals surface area contributed by atoms with Crippen molar-refractivity contribution in [2.45, 2.75) is 38.0 Å². The molecule has 0 spiro atoms. The fourth-order valence-electron chi connectivity index (χ4n) is 3.27. The van der Waals surface area contributed by atoms with Crippen LogP contribution in [0.4, 0.5) is 0 Å². The van der Waals surface area contributed by atoms with Gasteiger partial charge >= 0.3 is 0 Å². The average molecular weight is 438 g/mol. The SMILES string of the molecule is CCCS(=O)(=O)c1ccccc1C(=O)NCc1cccc(COCc2ccccc2)c1. The van der Waals surface area contributed by atoms with E-state index in [1.165, 1.54) is 6.07 Å². The van der Waals surface area contributed by atoms with Crippen LogP contribution in [0.25, 0.3) is 0 Å². The highest BCUT2D eigenvalue weighted by Gasteiger charge is 2.21. The lowest BCUT2D eigenvalue weighted by atomic mass is 10.1. The maximum atomic E-state index is 12.7. The Kier molecular flexibility index (Phi) is 7.98. The van der Waals surface area contributed by atoms with E-state index >= 15 is 0 Å². The fourth-order valence-corrected chi connectivity index (χ4v) is 4.81. The van der Waals surface area contributed by atoms with Gasteiger partial charge in [0, 0.05) is 6.54 Å². The number of carbonyl (C=O) groups excluding carboxylic acids is 1. The van der Waals surface area contributed by atoms with E-state index in [0.717, 1.165) is 16.7 Å². The molecule has 1 N–H and O–H groups in total. The van der Waals surface area contributed by atoms with Gasteiger partial charge in [-0.05, 0) is 35.2 Å². The minimum Gasteiger partial charge on any atom is -0.372 e. The maximum absolute atomic E-state index is 12.7. The number of carbonyl (C=O) groups is 1. The van der Waals surface area contributed by atoms with Gasteiger partial charge in [-0.1, -0.05) is 73.7 Å². The van der Waals surface area contributed by atoms with E-state index in [-0.39, 0.29) is 16.2 Å². The standard InChI is InChI=1S/C25H27NO4S/c1-2-15-31(28,29)24-14-7-6-13-23(24)25(27)26-17-21-11-8-12-22(16-21)19-30-18-20-9-4-3-5-10-20/h3-14,16H,2,15,17-19H2,1H3,(H,26,27). The van der Waals surface area contributed by atoms with Gasteiger partial charge in [0.15, 0.2) is 9.84 Å². The summed E-state index contributed by atoms with van der Waals surface area (Å²) in [7, 11) is -3.49. The Morgan fingerprint density at radius 3 is 2.26 bits per heavy atom. The van der Waals surface area contributed by atoms with Crippen LogP contribution in [-0.4, -0.2) is 20.1 Å². The largest absolute Gasteiger partial charge is 0.372 e. The molecule has 0 bridgehead atoms. The highest BCUT2D eigenvalue weighted by molar-refractivity contribution is 7.91. The molecule has 0 radical (unpaired) electrons. The number of sulfone groups is 1. The van der Waals surface area contributed by atoms with Crippen LogP contribution in [0.3, 0.4) is 0 Å². The Labute approximate surface area is 184 Å². The van der Waals surface area contributed by atoms with Gasteiger partial charge in [0.2, 0.25) is 0 Å². The summed E-state index contributed by atoms with van der Waals surface area (Å²) in [5.41, 5.74) is 3.22. The molecule has 3 aromatic carbocycles. The number of benzene rings is 3. The molecule has 0 aliphatic carbocycles. The summed E-state index contributed by atoms with van der Waals surface area (Å²) >= 11 is 0. The number of ether oxygens (including phenoxy) is 1. The number of hydrogen-bond donors (Lipinski definition) is 1. The lowest BCUT2D eigenvalue weighted by Crippen LogP contribution is -2.25. The zero-order valence-electron chi connectivity index (χ0n) is 17.6. The topological polar surface area (TPSA) is 72.5 Å². The summed E-state index contributed by atoms with van der Waals surface area (Å²) in [6, 6.07) is 24.1. The van der Waals surface area contributed by atoms with Crippen LogP contribution in [0, 0.1) is 0 Å². The summed E-state index contributed by atoms with van der Waals surface area (Å²) in [6.45, 7) is 3.10. The first-order valence-corrected chi connectivity index (χ1v) is 11.9. The van der Waals surface area contributed by atoms with E-state index in [1.54, 1.807) is 25.1 Å². The second-order valence-electron chi connectivity index (χ2n) is 7.30. The quantitative estimate of drug-likeness (QED) is 0.506. The van der Waals surface area contributed by atoms with Gasteiger partial charge in [-0.25, -0.2) is 8.42 Å². The molecule has 0 aliphatic rings. The van der Waals surface area contributed by atoms with Crippen LogP contribution < -0.4 is 5.32 Å². The van der Waals surface area contributed by atoms with Crippen molar-refractivity contribution in [3.05, 3.63) is 101 Å². The molecule has 0 aromatic heterocycles. The lowest BCUT2D eigenvalue weighted by molar-refractivity contribution is 0.0947. The average Bonchev–Trinajstić information content (AvgIpc) is 2.78. The normalized spacial score (nSPS) is 11.3. The molecule has 162 valence electrons. The molecule has 1 amide bonds. The number of amides is 1. The Balaban J connectivity index is 1.60. The Morgan fingerprint density at radius 2 is 1.48 bits per heavy atom. The molecule has 31 heavy (non-hydrogen) atoms. The van der Waals surface area contributed by atoms with E-state index in [1.807, 2.05) is 54.6 Å². The molecular weight excluding hydrogens is 410 g/mol. The first kappa shape index (κ1) is 22.7. The van der Waals surface area contributed by atoms with Crippen molar-refractivity contribution in [1.82, 2.24) is 5.32 Å². The van der Waals surface area contributed by atoms with E-state index in [9.17, 15) is 13.2 Å². The number of nitrogens with one attached hydrogen (secondary N) is 1. The minimum atomic E-state index is -3.49. The molecule has 5 nitrogen and oxygen atoms in total. The molecular formula is C25H27NO4S. The Bertz CT molecular complexity index is 1110.